The van der Waals surface area contributed by atoms with Crippen molar-refractivity contribution in [2.75, 3.05) is 158 Å². The molecule has 0 aliphatic rings. The molecule has 0 unspecified atom stereocenters. The maximum absolute atomic E-state index is 12.7. The highest BCUT2D eigenvalue weighted by atomic mass is 16.6. The van der Waals surface area contributed by atoms with Gasteiger partial charge in [0.05, 0.1) is 58.9 Å². The Hall–Kier alpha value is -6.57. The monoisotopic (exact) mass is 1070 g/mol. The topological polar surface area (TPSA) is 274 Å². The minimum absolute atomic E-state index is 0.0101. The summed E-state index contributed by atoms with van der Waals surface area (Å²) in [5, 5.41) is 0. The first-order valence-corrected chi connectivity index (χ1v) is 24.2. The lowest BCUT2D eigenvalue weighted by molar-refractivity contribution is -0.149. The van der Waals surface area contributed by atoms with Gasteiger partial charge in [-0.2, -0.15) is 0 Å². The molecule has 75 heavy (non-hydrogen) atoms. The number of ether oxygens (including phenoxy) is 12. The number of carbonyl (C=O) groups is 9. The molecule has 0 saturated heterocycles. The molecule has 0 aliphatic heterocycles. The molecular weight excluding hydrogens is 991 g/mol. The molecule has 0 aliphatic carbocycles. The maximum Gasteiger partial charge on any atom is 0.330 e. The minimum atomic E-state index is -0.766. The summed E-state index contributed by atoms with van der Waals surface area (Å²) in [7, 11) is 0. The zero-order chi connectivity index (χ0) is 56.0. The van der Waals surface area contributed by atoms with Crippen molar-refractivity contribution in [2.45, 2.75) is 32.6 Å². The molecule has 0 fully saturated rings. The van der Waals surface area contributed by atoms with Crippen molar-refractivity contribution in [3.63, 3.8) is 0 Å². The van der Waals surface area contributed by atoms with Gasteiger partial charge in [-0.25, -0.2) is 28.8 Å². The molecule has 0 atom stereocenters. The Morgan fingerprint density at radius 2 is 0.533 bits per heavy atom. The van der Waals surface area contributed by atoms with Gasteiger partial charge in [-0.05, 0) is 6.42 Å². The van der Waals surface area contributed by atoms with E-state index < -0.39 is 59.1 Å². The summed E-state index contributed by atoms with van der Waals surface area (Å²) in [4.78, 5) is 112. The van der Waals surface area contributed by atoms with Crippen LogP contribution >= 0.6 is 0 Å². The van der Waals surface area contributed by atoms with Gasteiger partial charge in [0.1, 0.15) is 59.5 Å². The van der Waals surface area contributed by atoms with Gasteiger partial charge < -0.3 is 56.8 Å². The summed E-state index contributed by atoms with van der Waals surface area (Å²) < 4.78 is 64.2. The van der Waals surface area contributed by atoms with Gasteiger partial charge in [0.25, 0.3) is 0 Å². The van der Waals surface area contributed by atoms with Crippen LogP contribution in [0.5, 0.6) is 0 Å². The number of hydrogen-bond acceptors (Lipinski definition) is 24. The van der Waals surface area contributed by atoms with Crippen molar-refractivity contribution in [1.29, 1.82) is 0 Å². The van der Waals surface area contributed by atoms with Crippen molar-refractivity contribution in [3.8, 4) is 0 Å². The van der Waals surface area contributed by atoms with Crippen LogP contribution in [-0.4, -0.2) is 226 Å². The van der Waals surface area contributed by atoms with E-state index >= 15 is 0 Å². The van der Waals surface area contributed by atoms with Crippen LogP contribution in [0.25, 0.3) is 0 Å². The van der Waals surface area contributed by atoms with Gasteiger partial charge in [-0.1, -0.05) is 46.4 Å². The second-order valence-electron chi connectivity index (χ2n) is 15.7. The van der Waals surface area contributed by atoms with Crippen LogP contribution in [0.4, 0.5) is 0 Å². The smallest absolute Gasteiger partial charge is 0.330 e. The third kappa shape index (κ3) is 38.6. The lowest BCUT2D eigenvalue weighted by atomic mass is 9.88. The Morgan fingerprint density at radius 1 is 0.320 bits per heavy atom. The quantitative estimate of drug-likeness (QED) is 0.0361. The van der Waals surface area contributed by atoms with Crippen LogP contribution in [0.1, 0.15) is 32.6 Å². The summed E-state index contributed by atoms with van der Waals surface area (Å²) >= 11 is 0. The van der Waals surface area contributed by atoms with Crippen molar-refractivity contribution in [1.82, 2.24) is 14.7 Å². The average molecular weight is 1070 g/mol. The van der Waals surface area contributed by atoms with Crippen molar-refractivity contribution >= 4 is 53.7 Å². The fourth-order valence-electron chi connectivity index (χ4n) is 5.92. The van der Waals surface area contributed by atoms with Crippen LogP contribution in [-0.2, 0) is 100.0 Å². The fraction of sp³-hybridized carbons (Fsp3) is 0.588. The molecule has 0 aromatic heterocycles. The van der Waals surface area contributed by atoms with Gasteiger partial charge in [0.15, 0.2) is 0 Å². The first-order chi connectivity index (χ1) is 36.1. The van der Waals surface area contributed by atoms with E-state index in [1.54, 1.807) is 14.7 Å². The second kappa shape index (κ2) is 44.9. The van der Waals surface area contributed by atoms with E-state index in [1.807, 2.05) is 6.92 Å². The van der Waals surface area contributed by atoms with Crippen molar-refractivity contribution in [3.05, 3.63) is 75.9 Å². The number of nitrogens with zero attached hydrogens (tertiary/aromatic N) is 3. The molecule has 0 aromatic carbocycles. The van der Waals surface area contributed by atoms with E-state index in [1.165, 1.54) is 0 Å². The molecule has 0 N–H and O–H groups in total. The predicted molar refractivity (Wildman–Crippen MR) is 268 cm³/mol. The highest BCUT2D eigenvalue weighted by Gasteiger charge is 2.30. The van der Waals surface area contributed by atoms with E-state index in [0.29, 0.717) is 6.42 Å². The summed E-state index contributed by atoms with van der Waals surface area (Å²) in [5.41, 5.74) is -0.766. The third-order valence-corrected chi connectivity index (χ3v) is 10.3. The largest absolute Gasteiger partial charge is 0.463 e. The average Bonchev–Trinajstić information content (AvgIpc) is 3.41. The Labute approximate surface area is 439 Å². The zero-order valence-corrected chi connectivity index (χ0v) is 43.4. The van der Waals surface area contributed by atoms with Gasteiger partial charge in [-0.3, -0.25) is 29.1 Å². The summed E-state index contributed by atoms with van der Waals surface area (Å²) in [5.74, 6) is -5.22. The van der Waals surface area contributed by atoms with E-state index in [-0.39, 0.29) is 177 Å². The molecule has 422 valence electrons. The number of rotatable bonds is 49. The molecular formula is C51H77N3O21. The lowest BCUT2D eigenvalue weighted by Crippen LogP contribution is -2.38. The standard InChI is InChI=1S/C51H77N3O21/c1-8-42(55)67-27-21-52(22-28-68-43(56)9-2)18-15-48(61)73-36-33-64-39-51(14-7,40-65-34-37-74-49(62)16-19-53(23-29-69-44(57)10-3)24-30-70-45(58)11-4)41-66-35-38-75-50(63)17-20-54(25-31-71-46(59)12-5)26-32-72-47(60)13-6/h8-13H,1-6,14-41H2,7H3. The second-order valence-corrected chi connectivity index (χ2v) is 15.7. The molecule has 0 amide bonds. The Kier molecular flexibility index (Phi) is 40.9. The van der Waals surface area contributed by atoms with E-state index in [4.69, 9.17) is 56.8 Å². The lowest BCUT2D eigenvalue weighted by Gasteiger charge is -2.32. The van der Waals surface area contributed by atoms with Crippen LogP contribution < -0.4 is 0 Å². The molecule has 0 spiro atoms. The summed E-state index contributed by atoms with van der Waals surface area (Å²) in [6.07, 6.45) is 6.56. The van der Waals surface area contributed by atoms with Crippen molar-refractivity contribution in [2.24, 2.45) is 5.41 Å². The third-order valence-electron chi connectivity index (χ3n) is 10.3. The molecule has 24 nitrogen and oxygen atoms in total. The zero-order valence-electron chi connectivity index (χ0n) is 43.4. The van der Waals surface area contributed by atoms with Gasteiger partial charge >= 0.3 is 53.7 Å². The highest BCUT2D eigenvalue weighted by Crippen LogP contribution is 2.24. The normalized spacial score (nSPS) is 10.9. The molecule has 0 aromatic rings. The molecule has 0 heterocycles. The fourth-order valence-corrected chi connectivity index (χ4v) is 5.92. The van der Waals surface area contributed by atoms with Crippen LogP contribution in [0.2, 0.25) is 0 Å². The Morgan fingerprint density at radius 3 is 0.720 bits per heavy atom. The first kappa shape index (κ1) is 68.4. The summed E-state index contributed by atoms with van der Waals surface area (Å²) in [6.45, 7) is 24.3. The number of carbonyl (C=O) groups excluding carboxylic acids is 9. The van der Waals surface area contributed by atoms with E-state index in [9.17, 15) is 43.2 Å². The molecule has 24 heteroatoms. The maximum atomic E-state index is 12.7. The van der Waals surface area contributed by atoms with Gasteiger partial charge in [0.2, 0.25) is 0 Å². The molecule has 0 bridgehead atoms. The minimum Gasteiger partial charge on any atom is -0.463 e. The first-order valence-electron chi connectivity index (χ1n) is 24.2. The van der Waals surface area contributed by atoms with Gasteiger partial charge in [-0.15, -0.1) is 0 Å². The Bertz CT molecular complexity index is 1530. The van der Waals surface area contributed by atoms with Crippen LogP contribution in [0.15, 0.2) is 75.9 Å². The molecule has 0 radical (unpaired) electrons. The van der Waals surface area contributed by atoms with Crippen LogP contribution in [0, 0.1) is 5.41 Å². The predicted octanol–water partition coefficient (Wildman–Crippen LogP) is 1.51. The summed E-state index contributed by atoms with van der Waals surface area (Å²) in [6, 6.07) is 0. The van der Waals surface area contributed by atoms with Crippen molar-refractivity contribution < 1.29 is 100.0 Å². The number of hydrogen-bond donors (Lipinski definition) is 0. The van der Waals surface area contributed by atoms with Crippen LogP contribution in [0.3, 0.4) is 0 Å². The van der Waals surface area contributed by atoms with E-state index in [2.05, 4.69) is 39.5 Å². The SMILES string of the molecule is C=CC(=O)OCCN(CCOC(=O)C=C)CCC(=O)OCCOCC(CC)(COCCOC(=O)CCN(CCOC(=O)C=C)CCOC(=O)C=C)COCCOC(=O)CCN(CCOC(=O)C=C)CCOC(=O)C=C. The molecule has 0 saturated carbocycles. The van der Waals surface area contributed by atoms with Gasteiger partial charge in [0, 0.05) is 101 Å². The number of esters is 9. The van der Waals surface area contributed by atoms with E-state index in [0.717, 1.165) is 36.5 Å². The highest BCUT2D eigenvalue weighted by molar-refractivity contribution is 5.83. The molecule has 0 rings (SSSR count). The Balaban J connectivity index is 5.47.